The van der Waals surface area contributed by atoms with Crippen molar-refractivity contribution in [2.75, 3.05) is 12.3 Å². The summed E-state index contributed by atoms with van der Waals surface area (Å²) < 4.78 is 18.3. The van der Waals surface area contributed by atoms with Gasteiger partial charge in [-0.3, -0.25) is 4.98 Å². The van der Waals surface area contributed by atoms with Gasteiger partial charge in [0, 0.05) is 24.4 Å². The van der Waals surface area contributed by atoms with Crippen molar-refractivity contribution in [3.05, 3.63) is 54.1 Å². The molecule has 2 aromatic rings. The van der Waals surface area contributed by atoms with Crippen LogP contribution in [0.2, 0.25) is 0 Å². The highest BCUT2D eigenvalue weighted by Crippen LogP contribution is 2.21. The second kappa shape index (κ2) is 5.30. The highest BCUT2D eigenvalue weighted by molar-refractivity contribution is 5.52. The van der Waals surface area contributed by atoms with E-state index in [9.17, 15) is 4.39 Å². The summed E-state index contributed by atoms with van der Waals surface area (Å²) in [7, 11) is 0. The molecule has 0 spiro atoms. The molecule has 0 aliphatic heterocycles. The summed E-state index contributed by atoms with van der Waals surface area (Å²) in [6, 6.07) is 9.82. The van der Waals surface area contributed by atoms with Crippen molar-refractivity contribution in [2.45, 2.75) is 6.42 Å². The molecule has 0 aliphatic rings. The Bertz CT molecular complexity index is 488. The predicted molar refractivity (Wildman–Crippen MR) is 64.2 cm³/mol. The second-order valence-corrected chi connectivity index (χ2v) is 3.60. The van der Waals surface area contributed by atoms with Crippen LogP contribution in [0.25, 0.3) is 0 Å². The van der Waals surface area contributed by atoms with Crippen molar-refractivity contribution < 1.29 is 9.13 Å². The van der Waals surface area contributed by atoms with Crippen LogP contribution in [-0.2, 0) is 6.42 Å². The number of hydrogen-bond donors (Lipinski definition) is 1. The van der Waals surface area contributed by atoms with Crippen LogP contribution < -0.4 is 10.5 Å². The molecular formula is C13H13FN2O. The van der Waals surface area contributed by atoms with Gasteiger partial charge in [-0.15, -0.1) is 0 Å². The topological polar surface area (TPSA) is 48.1 Å². The Morgan fingerprint density at radius 3 is 2.82 bits per heavy atom. The summed E-state index contributed by atoms with van der Waals surface area (Å²) in [5.41, 5.74) is 6.88. The largest absolute Gasteiger partial charge is 0.491 e. The van der Waals surface area contributed by atoms with E-state index in [-0.39, 0.29) is 5.82 Å². The van der Waals surface area contributed by atoms with Gasteiger partial charge in [0.05, 0.1) is 12.3 Å². The van der Waals surface area contributed by atoms with Gasteiger partial charge in [-0.2, -0.15) is 0 Å². The van der Waals surface area contributed by atoms with E-state index in [0.717, 1.165) is 5.69 Å². The van der Waals surface area contributed by atoms with Crippen LogP contribution in [0.5, 0.6) is 5.75 Å². The lowest BCUT2D eigenvalue weighted by Gasteiger charge is -2.08. The Balaban J connectivity index is 1.90. The van der Waals surface area contributed by atoms with Crippen molar-refractivity contribution >= 4 is 5.69 Å². The molecule has 2 rings (SSSR count). The van der Waals surface area contributed by atoms with Gasteiger partial charge in [-0.05, 0) is 24.3 Å². The van der Waals surface area contributed by atoms with Gasteiger partial charge in [0.1, 0.15) is 11.6 Å². The first kappa shape index (κ1) is 11.4. The van der Waals surface area contributed by atoms with Crippen LogP contribution in [0.4, 0.5) is 10.1 Å². The molecule has 1 aromatic heterocycles. The molecule has 0 unspecified atom stereocenters. The maximum Gasteiger partial charge on any atom is 0.142 e. The molecule has 4 heteroatoms. The number of pyridine rings is 1. The number of anilines is 1. The van der Waals surface area contributed by atoms with E-state index in [1.807, 2.05) is 18.2 Å². The van der Waals surface area contributed by atoms with Gasteiger partial charge >= 0.3 is 0 Å². The van der Waals surface area contributed by atoms with E-state index in [0.29, 0.717) is 24.5 Å². The lowest BCUT2D eigenvalue weighted by atomic mass is 10.2. The van der Waals surface area contributed by atoms with Crippen molar-refractivity contribution in [1.29, 1.82) is 0 Å². The fraction of sp³-hybridized carbons (Fsp3) is 0.154. The molecule has 0 radical (unpaired) electrons. The first-order valence-corrected chi connectivity index (χ1v) is 5.33. The van der Waals surface area contributed by atoms with Gasteiger partial charge in [-0.25, -0.2) is 4.39 Å². The molecule has 1 heterocycles. The molecule has 0 bridgehead atoms. The van der Waals surface area contributed by atoms with Gasteiger partial charge < -0.3 is 10.5 Å². The Kier molecular flexibility index (Phi) is 3.55. The monoisotopic (exact) mass is 232 g/mol. The molecule has 2 N–H and O–H groups in total. The molecule has 17 heavy (non-hydrogen) atoms. The van der Waals surface area contributed by atoms with Crippen molar-refractivity contribution in [3.8, 4) is 5.75 Å². The number of halogens is 1. The molecule has 0 fully saturated rings. The first-order valence-electron chi connectivity index (χ1n) is 5.33. The zero-order chi connectivity index (χ0) is 12.1. The maximum atomic E-state index is 12.8. The number of hydrogen-bond acceptors (Lipinski definition) is 3. The summed E-state index contributed by atoms with van der Waals surface area (Å²) in [6.07, 6.45) is 2.43. The quantitative estimate of drug-likeness (QED) is 0.823. The third-order valence-electron chi connectivity index (χ3n) is 2.31. The summed E-state index contributed by atoms with van der Waals surface area (Å²) in [5.74, 6) is 0.141. The average Bonchev–Trinajstić information content (AvgIpc) is 2.33. The standard InChI is InChI=1S/C13H13FN2O/c14-10-4-5-13(12(15)9-10)17-8-6-11-3-1-2-7-16-11/h1-5,7,9H,6,8,15H2. The van der Waals surface area contributed by atoms with Gasteiger partial charge in [0.25, 0.3) is 0 Å². The van der Waals surface area contributed by atoms with Crippen LogP contribution >= 0.6 is 0 Å². The van der Waals surface area contributed by atoms with Crippen LogP contribution in [0, 0.1) is 5.82 Å². The van der Waals surface area contributed by atoms with Gasteiger partial charge in [0.15, 0.2) is 0 Å². The SMILES string of the molecule is Nc1cc(F)ccc1OCCc1ccccn1. The van der Waals surface area contributed by atoms with E-state index in [4.69, 9.17) is 10.5 Å². The summed E-state index contributed by atoms with van der Waals surface area (Å²) >= 11 is 0. The maximum absolute atomic E-state index is 12.8. The highest BCUT2D eigenvalue weighted by atomic mass is 19.1. The first-order chi connectivity index (χ1) is 8.25. The van der Waals surface area contributed by atoms with E-state index in [1.165, 1.54) is 18.2 Å². The van der Waals surface area contributed by atoms with Crippen molar-refractivity contribution in [2.24, 2.45) is 0 Å². The number of benzene rings is 1. The zero-order valence-corrected chi connectivity index (χ0v) is 9.27. The lowest BCUT2D eigenvalue weighted by molar-refractivity contribution is 0.322. The van der Waals surface area contributed by atoms with Crippen molar-refractivity contribution in [1.82, 2.24) is 4.98 Å². The molecular weight excluding hydrogens is 219 g/mol. The van der Waals surface area contributed by atoms with Crippen LogP contribution in [0.3, 0.4) is 0 Å². The number of nitrogens with zero attached hydrogens (tertiary/aromatic N) is 1. The molecule has 0 atom stereocenters. The van der Waals surface area contributed by atoms with Gasteiger partial charge in [-0.1, -0.05) is 6.07 Å². The lowest BCUT2D eigenvalue weighted by Crippen LogP contribution is -2.04. The van der Waals surface area contributed by atoms with Crippen LogP contribution in [0.15, 0.2) is 42.6 Å². The van der Waals surface area contributed by atoms with Crippen LogP contribution in [0.1, 0.15) is 5.69 Å². The van der Waals surface area contributed by atoms with Gasteiger partial charge in [0.2, 0.25) is 0 Å². The fourth-order valence-corrected chi connectivity index (χ4v) is 1.46. The minimum atomic E-state index is -0.362. The van der Waals surface area contributed by atoms with E-state index < -0.39 is 0 Å². The summed E-state index contributed by atoms with van der Waals surface area (Å²) in [4.78, 5) is 4.18. The average molecular weight is 232 g/mol. The Morgan fingerprint density at radius 2 is 2.12 bits per heavy atom. The third-order valence-corrected chi connectivity index (χ3v) is 2.31. The minimum Gasteiger partial charge on any atom is -0.491 e. The van der Waals surface area contributed by atoms with Crippen LogP contribution in [-0.4, -0.2) is 11.6 Å². The molecule has 0 saturated heterocycles. The molecule has 88 valence electrons. The minimum absolute atomic E-state index is 0.311. The Labute approximate surface area is 99.1 Å². The Morgan fingerprint density at radius 1 is 1.24 bits per heavy atom. The van der Waals surface area contributed by atoms with E-state index in [2.05, 4.69) is 4.98 Å². The number of ether oxygens (including phenoxy) is 1. The normalized spacial score (nSPS) is 10.2. The highest BCUT2D eigenvalue weighted by Gasteiger charge is 2.02. The fourth-order valence-electron chi connectivity index (χ4n) is 1.46. The number of nitrogen functional groups attached to an aromatic ring is 1. The summed E-state index contributed by atoms with van der Waals surface area (Å²) in [6.45, 7) is 0.465. The van der Waals surface area contributed by atoms with Crippen molar-refractivity contribution in [3.63, 3.8) is 0 Å². The Hall–Kier alpha value is -2.10. The zero-order valence-electron chi connectivity index (χ0n) is 9.27. The molecule has 1 aromatic carbocycles. The molecule has 0 amide bonds. The molecule has 0 aliphatic carbocycles. The smallest absolute Gasteiger partial charge is 0.142 e. The molecule has 0 saturated carbocycles. The summed E-state index contributed by atoms with van der Waals surface area (Å²) in [5, 5.41) is 0. The second-order valence-electron chi connectivity index (χ2n) is 3.60. The number of rotatable bonds is 4. The number of nitrogens with two attached hydrogens (primary N) is 1. The third kappa shape index (κ3) is 3.17. The number of aromatic nitrogens is 1. The molecule has 3 nitrogen and oxygen atoms in total. The van der Waals surface area contributed by atoms with E-state index in [1.54, 1.807) is 6.20 Å². The predicted octanol–water partition coefficient (Wildman–Crippen LogP) is 2.42. The van der Waals surface area contributed by atoms with E-state index >= 15 is 0 Å².